The minimum absolute atomic E-state index is 0.105. The van der Waals surface area contributed by atoms with E-state index < -0.39 is 0 Å². The van der Waals surface area contributed by atoms with E-state index in [2.05, 4.69) is 46.8 Å². The largest absolute Gasteiger partial charge is 0.395 e. The Morgan fingerprint density at radius 3 is 2.13 bits per heavy atom. The summed E-state index contributed by atoms with van der Waals surface area (Å²) in [7, 11) is 0. The molecule has 0 bridgehead atoms. The minimum Gasteiger partial charge on any atom is -0.395 e. The van der Waals surface area contributed by atoms with Crippen LogP contribution in [0.1, 0.15) is 30.5 Å². The van der Waals surface area contributed by atoms with Gasteiger partial charge in [-0.05, 0) is 57.4 Å². The van der Waals surface area contributed by atoms with Crippen molar-refractivity contribution in [2.24, 2.45) is 0 Å². The van der Waals surface area contributed by atoms with E-state index in [-0.39, 0.29) is 11.4 Å². The van der Waals surface area contributed by atoms with Crippen LogP contribution in [0.2, 0.25) is 0 Å². The Kier molecular flexibility index (Phi) is 3.85. The van der Waals surface area contributed by atoms with E-state index in [1.807, 2.05) is 0 Å². The summed E-state index contributed by atoms with van der Waals surface area (Å²) in [6, 6.07) is 4.43. The van der Waals surface area contributed by atoms with Gasteiger partial charge in [-0.15, -0.1) is 11.8 Å². The van der Waals surface area contributed by atoms with Crippen LogP contribution in [0, 0.1) is 20.8 Å². The third-order valence-corrected chi connectivity index (χ3v) is 3.90. The number of hydrogen-bond acceptors (Lipinski definition) is 2. The molecule has 1 aromatic carbocycles. The maximum Gasteiger partial charge on any atom is 0.0576 e. The Hall–Kier alpha value is -0.470. The van der Waals surface area contributed by atoms with E-state index in [0.29, 0.717) is 0 Å². The summed E-state index contributed by atoms with van der Waals surface area (Å²) in [5.74, 6) is 0. The predicted octanol–water partition coefficient (Wildman–Crippen LogP) is 3.47. The normalized spacial score (nSPS) is 11.9. The first-order valence-corrected chi connectivity index (χ1v) is 6.05. The third kappa shape index (κ3) is 3.25. The molecule has 0 saturated carbocycles. The van der Waals surface area contributed by atoms with Crippen molar-refractivity contribution >= 4 is 11.8 Å². The first-order chi connectivity index (χ1) is 6.85. The Balaban J connectivity index is 3.01. The molecule has 0 heterocycles. The molecule has 0 radical (unpaired) electrons. The fraction of sp³-hybridized carbons (Fsp3) is 0.538. The van der Waals surface area contributed by atoms with Gasteiger partial charge in [0.2, 0.25) is 0 Å². The van der Waals surface area contributed by atoms with E-state index >= 15 is 0 Å². The standard InChI is InChI=1S/C13H20OS/c1-9-6-11(3)12(7-10(9)2)15-13(4,5)8-14/h6-7,14H,8H2,1-5H3. The van der Waals surface area contributed by atoms with Crippen molar-refractivity contribution in [3.8, 4) is 0 Å². The van der Waals surface area contributed by atoms with Gasteiger partial charge in [0.1, 0.15) is 0 Å². The van der Waals surface area contributed by atoms with Crippen LogP contribution in [0.15, 0.2) is 17.0 Å². The van der Waals surface area contributed by atoms with Crippen molar-refractivity contribution in [2.75, 3.05) is 6.61 Å². The van der Waals surface area contributed by atoms with Gasteiger partial charge in [-0.25, -0.2) is 0 Å². The number of rotatable bonds is 3. The van der Waals surface area contributed by atoms with Crippen LogP contribution in [0.3, 0.4) is 0 Å². The average Bonchev–Trinajstić information content (AvgIpc) is 2.14. The number of aliphatic hydroxyl groups is 1. The molecule has 1 rings (SSSR count). The molecule has 15 heavy (non-hydrogen) atoms. The van der Waals surface area contributed by atoms with Crippen molar-refractivity contribution in [1.82, 2.24) is 0 Å². The second-order valence-electron chi connectivity index (χ2n) is 4.72. The Bertz CT molecular complexity index is 356. The molecule has 0 aliphatic carbocycles. The summed E-state index contributed by atoms with van der Waals surface area (Å²) in [4.78, 5) is 1.28. The first kappa shape index (κ1) is 12.6. The molecule has 0 aliphatic rings. The fourth-order valence-electron chi connectivity index (χ4n) is 1.37. The SMILES string of the molecule is Cc1cc(C)c(SC(C)(C)CO)cc1C. The van der Waals surface area contributed by atoms with E-state index in [1.165, 1.54) is 21.6 Å². The fourth-order valence-corrected chi connectivity index (χ4v) is 2.49. The van der Waals surface area contributed by atoms with Gasteiger partial charge in [0.15, 0.2) is 0 Å². The van der Waals surface area contributed by atoms with Gasteiger partial charge in [0.05, 0.1) is 6.61 Å². The predicted molar refractivity (Wildman–Crippen MR) is 67.7 cm³/mol. The molecule has 0 amide bonds. The number of hydrogen-bond donors (Lipinski definition) is 1. The topological polar surface area (TPSA) is 20.2 Å². The lowest BCUT2D eigenvalue weighted by molar-refractivity contribution is 0.265. The zero-order chi connectivity index (χ0) is 11.6. The monoisotopic (exact) mass is 224 g/mol. The van der Waals surface area contributed by atoms with Gasteiger partial charge in [0, 0.05) is 9.64 Å². The number of aryl methyl sites for hydroxylation is 3. The van der Waals surface area contributed by atoms with Gasteiger partial charge in [-0.3, -0.25) is 0 Å². The van der Waals surface area contributed by atoms with E-state index in [4.69, 9.17) is 0 Å². The molecule has 0 aromatic heterocycles. The lowest BCUT2D eigenvalue weighted by Gasteiger charge is -2.22. The molecule has 1 nitrogen and oxygen atoms in total. The van der Waals surface area contributed by atoms with Crippen LogP contribution in [-0.2, 0) is 0 Å². The molecule has 0 spiro atoms. The lowest BCUT2D eigenvalue weighted by atomic mass is 10.1. The van der Waals surface area contributed by atoms with E-state index in [9.17, 15) is 5.11 Å². The Morgan fingerprint density at radius 1 is 1.07 bits per heavy atom. The summed E-state index contributed by atoms with van der Waals surface area (Å²) in [5.41, 5.74) is 3.94. The zero-order valence-corrected chi connectivity index (χ0v) is 11.0. The molecule has 0 aliphatic heterocycles. The molecular formula is C13H20OS. The number of benzene rings is 1. The van der Waals surface area contributed by atoms with Gasteiger partial charge < -0.3 is 5.11 Å². The molecule has 84 valence electrons. The Morgan fingerprint density at radius 2 is 1.60 bits per heavy atom. The maximum atomic E-state index is 9.25. The summed E-state index contributed by atoms with van der Waals surface area (Å²) in [5, 5.41) is 9.25. The summed E-state index contributed by atoms with van der Waals surface area (Å²) in [6.07, 6.45) is 0. The molecule has 1 aromatic rings. The highest BCUT2D eigenvalue weighted by atomic mass is 32.2. The maximum absolute atomic E-state index is 9.25. The van der Waals surface area contributed by atoms with Crippen molar-refractivity contribution in [1.29, 1.82) is 0 Å². The number of aliphatic hydroxyl groups excluding tert-OH is 1. The smallest absolute Gasteiger partial charge is 0.0576 e. The second-order valence-corrected chi connectivity index (χ2v) is 6.47. The zero-order valence-electron chi connectivity index (χ0n) is 10.2. The summed E-state index contributed by atoms with van der Waals surface area (Å²) < 4.78 is -0.105. The van der Waals surface area contributed by atoms with Gasteiger partial charge in [-0.2, -0.15) is 0 Å². The van der Waals surface area contributed by atoms with Crippen LogP contribution in [0.25, 0.3) is 0 Å². The molecule has 0 unspecified atom stereocenters. The van der Waals surface area contributed by atoms with Crippen LogP contribution in [-0.4, -0.2) is 16.5 Å². The van der Waals surface area contributed by atoms with Crippen molar-refractivity contribution < 1.29 is 5.11 Å². The average molecular weight is 224 g/mol. The van der Waals surface area contributed by atoms with Crippen LogP contribution >= 0.6 is 11.8 Å². The molecule has 0 fully saturated rings. The summed E-state index contributed by atoms with van der Waals surface area (Å²) >= 11 is 1.75. The highest BCUT2D eigenvalue weighted by Gasteiger charge is 2.19. The minimum atomic E-state index is -0.105. The third-order valence-electron chi connectivity index (χ3n) is 2.56. The van der Waals surface area contributed by atoms with Crippen molar-refractivity contribution in [2.45, 2.75) is 44.3 Å². The van der Waals surface area contributed by atoms with Gasteiger partial charge in [0.25, 0.3) is 0 Å². The first-order valence-electron chi connectivity index (χ1n) is 5.23. The van der Waals surface area contributed by atoms with Gasteiger partial charge in [-0.1, -0.05) is 6.07 Å². The van der Waals surface area contributed by atoms with Crippen molar-refractivity contribution in [3.05, 3.63) is 28.8 Å². The number of thioether (sulfide) groups is 1. The highest BCUT2D eigenvalue weighted by molar-refractivity contribution is 8.00. The van der Waals surface area contributed by atoms with E-state index in [0.717, 1.165) is 0 Å². The van der Waals surface area contributed by atoms with Crippen molar-refractivity contribution in [3.63, 3.8) is 0 Å². The Labute approximate surface area is 96.9 Å². The molecule has 0 atom stereocenters. The molecular weight excluding hydrogens is 204 g/mol. The van der Waals surface area contributed by atoms with E-state index in [1.54, 1.807) is 11.8 Å². The second kappa shape index (κ2) is 4.58. The van der Waals surface area contributed by atoms with Crippen LogP contribution in [0.5, 0.6) is 0 Å². The van der Waals surface area contributed by atoms with Crippen LogP contribution < -0.4 is 0 Å². The highest BCUT2D eigenvalue weighted by Crippen LogP contribution is 2.35. The molecule has 2 heteroatoms. The lowest BCUT2D eigenvalue weighted by Crippen LogP contribution is -2.19. The molecule has 1 N–H and O–H groups in total. The summed E-state index contributed by atoms with van der Waals surface area (Å²) in [6.45, 7) is 10.7. The van der Waals surface area contributed by atoms with Gasteiger partial charge >= 0.3 is 0 Å². The quantitative estimate of drug-likeness (QED) is 0.793. The van der Waals surface area contributed by atoms with Crippen LogP contribution in [0.4, 0.5) is 0 Å². The molecule has 0 saturated heterocycles.